The third-order valence-corrected chi connectivity index (χ3v) is 6.62. The molecule has 3 aromatic rings. The van der Waals surface area contributed by atoms with Gasteiger partial charge in [0.15, 0.2) is 18.1 Å². The molecule has 1 aliphatic heterocycles. The summed E-state index contributed by atoms with van der Waals surface area (Å²) in [6.07, 6.45) is 2.52. The fraction of sp³-hybridized carbons (Fsp3) is 0.148. The lowest BCUT2D eigenvalue weighted by Crippen LogP contribution is -2.30. The molecule has 2 amide bonds. The van der Waals surface area contributed by atoms with Gasteiger partial charge in [0.1, 0.15) is 4.32 Å². The van der Waals surface area contributed by atoms with Crippen molar-refractivity contribution in [1.82, 2.24) is 4.90 Å². The monoisotopic (exact) mass is 504 g/mol. The Morgan fingerprint density at radius 1 is 1.03 bits per heavy atom. The number of hydrogen-bond donors (Lipinski definition) is 1. The molecule has 1 saturated heterocycles. The molecule has 0 aliphatic carbocycles. The third kappa shape index (κ3) is 6.49. The van der Waals surface area contributed by atoms with Gasteiger partial charge in [-0.05, 0) is 47.9 Å². The Morgan fingerprint density at radius 3 is 2.46 bits per heavy atom. The number of para-hydroxylation sites is 1. The van der Waals surface area contributed by atoms with Crippen molar-refractivity contribution in [3.63, 3.8) is 0 Å². The van der Waals surface area contributed by atoms with Gasteiger partial charge in [0.25, 0.3) is 11.8 Å². The highest BCUT2D eigenvalue weighted by atomic mass is 32.2. The minimum Gasteiger partial charge on any atom is -0.493 e. The molecule has 1 fully saturated rings. The number of nitrogens with zero attached hydrogens (tertiary/aromatic N) is 1. The maximum absolute atomic E-state index is 12.9. The van der Waals surface area contributed by atoms with Crippen LogP contribution in [-0.2, 0) is 16.0 Å². The first-order valence-electron chi connectivity index (χ1n) is 11.0. The van der Waals surface area contributed by atoms with Gasteiger partial charge in [0.05, 0.1) is 12.0 Å². The van der Waals surface area contributed by atoms with Crippen LogP contribution in [-0.4, -0.2) is 41.3 Å². The molecule has 0 spiro atoms. The summed E-state index contributed by atoms with van der Waals surface area (Å²) in [4.78, 5) is 27.3. The average molecular weight is 505 g/mol. The molecule has 35 heavy (non-hydrogen) atoms. The van der Waals surface area contributed by atoms with E-state index in [4.69, 9.17) is 21.7 Å². The summed E-state index contributed by atoms with van der Waals surface area (Å²) < 4.78 is 11.7. The van der Waals surface area contributed by atoms with Crippen LogP contribution in [0.15, 0.2) is 83.8 Å². The number of ether oxygens (including phenoxy) is 2. The SMILES string of the molecule is COc1cc(/C=C2\SC(=S)N(CCc3ccccc3)C2=O)ccc1OCC(=O)Nc1ccccc1. The van der Waals surface area contributed by atoms with Crippen LogP contribution in [0, 0.1) is 0 Å². The van der Waals surface area contributed by atoms with E-state index in [0.29, 0.717) is 33.0 Å². The predicted octanol–water partition coefficient (Wildman–Crippen LogP) is 5.16. The zero-order valence-electron chi connectivity index (χ0n) is 19.1. The number of methoxy groups -OCH3 is 1. The number of hydrogen-bond acceptors (Lipinski definition) is 6. The number of thioether (sulfide) groups is 1. The van der Waals surface area contributed by atoms with E-state index in [0.717, 1.165) is 17.5 Å². The van der Waals surface area contributed by atoms with Crippen LogP contribution < -0.4 is 14.8 Å². The molecule has 0 bridgehead atoms. The fourth-order valence-electron chi connectivity index (χ4n) is 3.48. The van der Waals surface area contributed by atoms with Gasteiger partial charge >= 0.3 is 0 Å². The lowest BCUT2D eigenvalue weighted by atomic mass is 10.1. The quantitative estimate of drug-likeness (QED) is 0.321. The van der Waals surface area contributed by atoms with Crippen molar-refractivity contribution in [3.05, 3.63) is 94.9 Å². The normalized spacial score (nSPS) is 14.3. The van der Waals surface area contributed by atoms with Crippen LogP contribution in [0.4, 0.5) is 5.69 Å². The summed E-state index contributed by atoms with van der Waals surface area (Å²) in [7, 11) is 1.53. The van der Waals surface area contributed by atoms with E-state index in [1.54, 1.807) is 35.2 Å². The first-order chi connectivity index (χ1) is 17.0. The number of thiocarbonyl (C=S) groups is 1. The average Bonchev–Trinajstić information content (AvgIpc) is 3.14. The van der Waals surface area contributed by atoms with Crippen molar-refractivity contribution in [2.24, 2.45) is 0 Å². The molecular weight excluding hydrogens is 480 g/mol. The molecule has 8 heteroatoms. The Hall–Kier alpha value is -3.62. The Bertz CT molecular complexity index is 1250. The number of amides is 2. The van der Waals surface area contributed by atoms with Crippen LogP contribution in [0.25, 0.3) is 6.08 Å². The lowest BCUT2D eigenvalue weighted by molar-refractivity contribution is -0.122. The van der Waals surface area contributed by atoms with Crippen LogP contribution >= 0.6 is 24.0 Å². The van der Waals surface area contributed by atoms with Crippen LogP contribution in [0.5, 0.6) is 11.5 Å². The van der Waals surface area contributed by atoms with Crippen LogP contribution in [0.3, 0.4) is 0 Å². The molecule has 0 atom stereocenters. The first-order valence-corrected chi connectivity index (χ1v) is 12.2. The zero-order chi connectivity index (χ0) is 24.6. The Labute approximate surface area is 213 Å². The van der Waals surface area contributed by atoms with Gasteiger partial charge in [-0.1, -0.05) is 78.6 Å². The predicted molar refractivity (Wildman–Crippen MR) is 144 cm³/mol. The molecule has 0 aromatic heterocycles. The second kappa shape index (κ2) is 11.7. The summed E-state index contributed by atoms with van der Waals surface area (Å²) in [5, 5.41) is 2.77. The fourth-order valence-corrected chi connectivity index (χ4v) is 4.79. The number of carbonyl (C=O) groups is 2. The smallest absolute Gasteiger partial charge is 0.266 e. The highest BCUT2D eigenvalue weighted by Crippen LogP contribution is 2.35. The van der Waals surface area contributed by atoms with Crippen molar-refractivity contribution >= 4 is 51.9 Å². The van der Waals surface area contributed by atoms with Gasteiger partial charge in [0, 0.05) is 12.2 Å². The highest BCUT2D eigenvalue weighted by molar-refractivity contribution is 8.26. The lowest BCUT2D eigenvalue weighted by Gasteiger charge is -2.14. The summed E-state index contributed by atoms with van der Waals surface area (Å²) >= 11 is 6.73. The van der Waals surface area contributed by atoms with Crippen LogP contribution in [0.2, 0.25) is 0 Å². The summed E-state index contributed by atoms with van der Waals surface area (Å²) in [5.74, 6) is 0.517. The highest BCUT2D eigenvalue weighted by Gasteiger charge is 2.31. The second-order valence-corrected chi connectivity index (χ2v) is 9.36. The van der Waals surface area contributed by atoms with Crippen molar-refractivity contribution in [3.8, 4) is 11.5 Å². The van der Waals surface area contributed by atoms with Crippen molar-refractivity contribution in [2.45, 2.75) is 6.42 Å². The van der Waals surface area contributed by atoms with E-state index in [1.165, 1.54) is 18.9 Å². The number of benzene rings is 3. The van der Waals surface area contributed by atoms with Gasteiger partial charge in [0.2, 0.25) is 0 Å². The Kier molecular flexibility index (Phi) is 8.18. The van der Waals surface area contributed by atoms with Crippen LogP contribution in [0.1, 0.15) is 11.1 Å². The molecule has 0 saturated carbocycles. The Balaban J connectivity index is 1.39. The molecule has 1 N–H and O–H groups in total. The van der Waals surface area contributed by atoms with E-state index in [1.807, 2.05) is 54.6 Å². The standard InChI is InChI=1S/C27H24N2O4S2/c1-32-23-16-20(12-13-22(23)33-18-25(30)28-21-10-6-3-7-11-21)17-24-26(31)29(27(34)35-24)15-14-19-8-4-2-5-9-19/h2-13,16-17H,14-15,18H2,1H3,(H,28,30)/b24-17-. The molecule has 0 unspecified atom stereocenters. The summed E-state index contributed by atoms with van der Waals surface area (Å²) in [5.41, 5.74) is 2.62. The minimum atomic E-state index is -0.276. The first kappa shape index (κ1) is 24.5. The van der Waals surface area contributed by atoms with E-state index < -0.39 is 0 Å². The number of anilines is 1. The molecule has 6 nitrogen and oxygen atoms in total. The van der Waals surface area contributed by atoms with Gasteiger partial charge in [-0.25, -0.2) is 0 Å². The number of carbonyl (C=O) groups excluding carboxylic acids is 2. The minimum absolute atomic E-state index is 0.104. The zero-order valence-corrected chi connectivity index (χ0v) is 20.7. The van der Waals surface area contributed by atoms with Gasteiger partial charge in [-0.2, -0.15) is 0 Å². The second-order valence-electron chi connectivity index (χ2n) is 7.68. The Morgan fingerprint density at radius 2 is 1.74 bits per heavy atom. The number of rotatable bonds is 9. The van der Waals surface area contributed by atoms with Crippen molar-refractivity contribution in [2.75, 3.05) is 25.6 Å². The van der Waals surface area contributed by atoms with Gasteiger partial charge in [-0.15, -0.1) is 0 Å². The topological polar surface area (TPSA) is 67.9 Å². The van der Waals surface area contributed by atoms with Crippen molar-refractivity contribution in [1.29, 1.82) is 0 Å². The molecule has 3 aromatic carbocycles. The van der Waals surface area contributed by atoms with Crippen molar-refractivity contribution < 1.29 is 19.1 Å². The number of nitrogens with one attached hydrogen (secondary N) is 1. The maximum atomic E-state index is 12.9. The summed E-state index contributed by atoms with van der Waals surface area (Å²) in [6.45, 7) is 0.373. The summed E-state index contributed by atoms with van der Waals surface area (Å²) in [6, 6.07) is 24.5. The van der Waals surface area contributed by atoms with E-state index in [2.05, 4.69) is 5.32 Å². The molecule has 1 heterocycles. The van der Waals surface area contributed by atoms with E-state index in [-0.39, 0.29) is 18.4 Å². The van der Waals surface area contributed by atoms with E-state index in [9.17, 15) is 9.59 Å². The molecule has 178 valence electrons. The molecule has 1 aliphatic rings. The largest absolute Gasteiger partial charge is 0.493 e. The molecular formula is C27H24N2O4S2. The molecule has 0 radical (unpaired) electrons. The van der Waals surface area contributed by atoms with Gasteiger partial charge in [-0.3, -0.25) is 14.5 Å². The third-order valence-electron chi connectivity index (χ3n) is 5.24. The van der Waals surface area contributed by atoms with Gasteiger partial charge < -0.3 is 14.8 Å². The van der Waals surface area contributed by atoms with E-state index >= 15 is 0 Å². The molecule has 4 rings (SSSR count). The maximum Gasteiger partial charge on any atom is 0.266 e.